The van der Waals surface area contributed by atoms with E-state index in [9.17, 15) is 18.5 Å². The second-order valence-corrected chi connectivity index (χ2v) is 18.0. The highest BCUT2D eigenvalue weighted by Crippen LogP contribution is 2.42. The van der Waals surface area contributed by atoms with Crippen LogP contribution in [0.2, 0.25) is 0 Å². The van der Waals surface area contributed by atoms with Gasteiger partial charge in [0.2, 0.25) is 0 Å². The summed E-state index contributed by atoms with van der Waals surface area (Å²) in [6.07, 6.45) is 13.5. The van der Waals surface area contributed by atoms with Crippen LogP contribution in [0.1, 0.15) is 45.6 Å². The fraction of sp³-hybridized carbons (Fsp3) is 0.0545. The van der Waals surface area contributed by atoms with Crippen LogP contribution in [0.15, 0.2) is 163 Å². The van der Waals surface area contributed by atoms with Crippen LogP contribution in [-0.4, -0.2) is 33.3 Å². The summed E-state index contributed by atoms with van der Waals surface area (Å²) in [6, 6.07) is 49.3. The maximum atomic E-state index is 14.5. The van der Waals surface area contributed by atoms with Crippen molar-refractivity contribution in [2.75, 3.05) is 0 Å². The summed E-state index contributed by atoms with van der Waals surface area (Å²) in [7, 11) is -4.21. The summed E-state index contributed by atoms with van der Waals surface area (Å²) in [5.74, 6) is 2.50. The van der Waals surface area contributed by atoms with Crippen LogP contribution in [0, 0.1) is 29.4 Å². The zero-order valence-electron chi connectivity index (χ0n) is 35.1. The number of aryl methyl sites for hydroxylation is 1. The zero-order valence-corrected chi connectivity index (χ0v) is 35.9. The van der Waals surface area contributed by atoms with Crippen LogP contribution < -0.4 is 0 Å². The van der Waals surface area contributed by atoms with E-state index in [1.165, 1.54) is 18.2 Å². The van der Waals surface area contributed by atoms with Gasteiger partial charge in [-0.15, -0.1) is 12.3 Å². The van der Waals surface area contributed by atoms with Crippen molar-refractivity contribution in [1.82, 2.24) is 19.9 Å². The van der Waals surface area contributed by atoms with Crippen molar-refractivity contribution in [2.24, 2.45) is 0 Å². The molecule has 0 radical (unpaired) electrons. The van der Waals surface area contributed by atoms with Crippen molar-refractivity contribution in [1.29, 1.82) is 0 Å². The van der Waals surface area contributed by atoms with Crippen molar-refractivity contribution in [3.05, 3.63) is 202 Å². The molecule has 3 aromatic heterocycles. The number of benzene rings is 5. The molecule has 314 valence electrons. The topological polar surface area (TPSA) is 135 Å². The van der Waals surface area contributed by atoms with Gasteiger partial charge >= 0.3 is 0 Å². The fourth-order valence-corrected chi connectivity index (χ4v) is 10.4. The van der Waals surface area contributed by atoms with E-state index in [2.05, 4.69) is 40.2 Å². The first-order valence-electron chi connectivity index (χ1n) is 21.0. The maximum absolute atomic E-state index is 14.5. The van der Waals surface area contributed by atoms with Crippen LogP contribution in [0.25, 0.3) is 90.9 Å². The van der Waals surface area contributed by atoms with Gasteiger partial charge in [-0.25, -0.2) is 18.4 Å². The third kappa shape index (κ3) is 7.54. The summed E-state index contributed by atoms with van der Waals surface area (Å²) in [5.41, 5.74) is 13.0. The number of aromatic amines is 2. The van der Waals surface area contributed by atoms with E-state index in [1.807, 2.05) is 122 Å². The lowest BCUT2D eigenvalue weighted by molar-refractivity contribution is -0.385. The van der Waals surface area contributed by atoms with E-state index in [0.717, 1.165) is 66.9 Å². The van der Waals surface area contributed by atoms with Crippen LogP contribution in [0.3, 0.4) is 0 Å². The molecule has 0 aliphatic carbocycles. The van der Waals surface area contributed by atoms with Gasteiger partial charge in [-0.1, -0.05) is 109 Å². The van der Waals surface area contributed by atoms with Crippen LogP contribution in [0.4, 0.5) is 5.69 Å². The Morgan fingerprint density at radius 1 is 0.569 bits per heavy atom. The monoisotopic (exact) mass is 865 g/mol. The highest BCUT2D eigenvalue weighted by Gasteiger charge is 2.34. The molecule has 1 atom stereocenters. The highest BCUT2D eigenvalue weighted by atomic mass is 32.2. The molecular formula is C55H39N5O4S. The van der Waals surface area contributed by atoms with Gasteiger partial charge in [-0.2, -0.15) is 0 Å². The average Bonchev–Trinajstić information content (AvgIpc) is 4.18. The lowest BCUT2D eigenvalue weighted by Gasteiger charge is -2.18. The molecule has 5 aromatic carbocycles. The largest absolute Gasteiger partial charge is 0.354 e. The molecule has 0 saturated heterocycles. The van der Waals surface area contributed by atoms with E-state index < -0.39 is 20.0 Å². The Kier molecular flexibility index (Phi) is 10.5. The van der Waals surface area contributed by atoms with Crippen LogP contribution in [-0.2, 0) is 9.84 Å². The minimum absolute atomic E-state index is 0.0183. The molecule has 0 saturated carbocycles. The van der Waals surface area contributed by atoms with Gasteiger partial charge in [0.25, 0.3) is 5.69 Å². The Balaban J connectivity index is 1.33. The quantitative estimate of drug-likeness (QED) is 0.0843. The summed E-state index contributed by atoms with van der Waals surface area (Å²) in [4.78, 5) is 30.3. The molecule has 0 spiro atoms. The number of nitro groups is 1. The van der Waals surface area contributed by atoms with Crippen molar-refractivity contribution < 1.29 is 13.3 Å². The molecule has 5 heterocycles. The summed E-state index contributed by atoms with van der Waals surface area (Å²) in [5, 5.41) is 11.3. The Morgan fingerprint density at radius 2 is 0.969 bits per heavy atom. The number of hydrogen-bond donors (Lipinski definition) is 2. The Bertz CT molecular complexity index is 3530. The Labute approximate surface area is 375 Å². The maximum Gasteiger partial charge on any atom is 0.273 e. The standard InChI is InChI=1S/C55H39N5O4S/c1-3-13-51(65(63,64)40-23-20-35(2)21-24-40)41-34-39(22-33-50(41)60(61)62)55-48-31-29-46(58-48)53(37-16-9-5-10-17-37)44-27-25-42(56-44)52(36-14-7-4-8-15-36)43-26-28-45(57-43)54(38-18-11-6-12-19-38)47-30-32-49(55)59-47/h1,4-12,14-34,51,56,59H,13H2,2H3. The summed E-state index contributed by atoms with van der Waals surface area (Å²) in [6.45, 7) is 1.86. The highest BCUT2D eigenvalue weighted by molar-refractivity contribution is 7.91. The molecule has 8 aromatic rings. The molecule has 1 unspecified atom stereocenters. The third-order valence-electron chi connectivity index (χ3n) is 11.8. The first-order valence-corrected chi connectivity index (χ1v) is 22.6. The molecule has 0 fully saturated rings. The molecule has 65 heavy (non-hydrogen) atoms. The average molecular weight is 866 g/mol. The molecule has 0 amide bonds. The van der Waals surface area contributed by atoms with E-state index >= 15 is 0 Å². The molecule has 2 N–H and O–H groups in total. The Morgan fingerprint density at radius 3 is 1.35 bits per heavy atom. The molecule has 8 bridgehead atoms. The second kappa shape index (κ2) is 16.7. The van der Waals surface area contributed by atoms with Crippen LogP contribution >= 0.6 is 0 Å². The van der Waals surface area contributed by atoms with Gasteiger partial charge in [0.05, 0.1) is 32.6 Å². The Hall–Kier alpha value is -8.39. The predicted molar refractivity (Wildman–Crippen MR) is 262 cm³/mol. The minimum atomic E-state index is -4.21. The third-order valence-corrected chi connectivity index (χ3v) is 13.9. The number of H-pyrrole nitrogens is 2. The lowest BCUT2D eigenvalue weighted by Crippen LogP contribution is -2.15. The summed E-state index contributed by atoms with van der Waals surface area (Å²) >= 11 is 0. The number of aromatic nitrogens is 4. The van der Waals surface area contributed by atoms with Gasteiger partial charge in [0, 0.05) is 62.4 Å². The molecular weight excluding hydrogens is 827 g/mol. The molecule has 9 nitrogen and oxygen atoms in total. The van der Waals surface area contributed by atoms with E-state index in [4.69, 9.17) is 16.4 Å². The number of hydrogen-bond acceptors (Lipinski definition) is 6. The van der Waals surface area contributed by atoms with E-state index in [-0.39, 0.29) is 22.6 Å². The molecule has 2 aliphatic heterocycles. The first-order chi connectivity index (χ1) is 31.7. The minimum Gasteiger partial charge on any atom is -0.354 e. The van der Waals surface area contributed by atoms with Crippen LogP contribution in [0.5, 0.6) is 0 Å². The molecule has 2 aliphatic rings. The van der Waals surface area contributed by atoms with Gasteiger partial charge in [0.1, 0.15) is 5.25 Å². The van der Waals surface area contributed by atoms with Crippen molar-refractivity contribution >= 4 is 61.9 Å². The number of sulfone groups is 1. The van der Waals surface area contributed by atoms with Gasteiger partial charge in [-0.3, -0.25) is 10.1 Å². The summed E-state index contributed by atoms with van der Waals surface area (Å²) < 4.78 is 28.9. The van der Waals surface area contributed by atoms with Crippen molar-refractivity contribution in [2.45, 2.75) is 23.5 Å². The normalized spacial score (nSPS) is 12.5. The number of nitrogens with zero attached hydrogens (tertiary/aromatic N) is 3. The van der Waals surface area contributed by atoms with Gasteiger partial charge in [-0.05, 0) is 102 Å². The smallest absolute Gasteiger partial charge is 0.273 e. The predicted octanol–water partition coefficient (Wildman–Crippen LogP) is 13.1. The van der Waals surface area contributed by atoms with Crippen molar-refractivity contribution in [3.63, 3.8) is 0 Å². The van der Waals surface area contributed by atoms with Gasteiger partial charge < -0.3 is 9.97 Å². The number of fused-ring (bicyclic) bond motifs is 8. The fourth-order valence-electron chi connectivity index (χ4n) is 8.75. The SMILES string of the molecule is C#CCC(c1cc(-c2c3nc(c(-c4ccccc4)c4ccc([nH]4)c(-c4ccccc4)c4nc(c(-c5ccccc5)c5ccc2[nH]5)C=C4)C=C3)ccc1[N+](=O)[O-])S(=O)(=O)c1ccc(C)cc1. The lowest BCUT2D eigenvalue weighted by atomic mass is 9.98. The van der Waals surface area contributed by atoms with E-state index in [0.29, 0.717) is 28.0 Å². The number of terminal acetylenes is 1. The number of rotatable bonds is 9. The zero-order chi connectivity index (χ0) is 44.7. The van der Waals surface area contributed by atoms with E-state index in [1.54, 1.807) is 24.3 Å². The number of nitro benzene ring substituents is 1. The molecule has 10 heteroatoms. The second-order valence-electron chi connectivity index (χ2n) is 15.9. The number of nitrogens with one attached hydrogen (secondary N) is 2. The van der Waals surface area contributed by atoms with Gasteiger partial charge in [0.15, 0.2) is 9.84 Å². The first kappa shape index (κ1) is 40.7. The molecule has 10 rings (SSSR count). The van der Waals surface area contributed by atoms with Crippen molar-refractivity contribution in [3.8, 4) is 56.9 Å².